The van der Waals surface area contributed by atoms with Crippen LogP contribution in [0, 0.1) is 5.92 Å². The molecule has 1 aliphatic heterocycles. The Bertz CT molecular complexity index is 1060. The quantitative estimate of drug-likeness (QED) is 0.602. The maximum absolute atomic E-state index is 12.2. The van der Waals surface area contributed by atoms with Crippen LogP contribution in [0.3, 0.4) is 0 Å². The van der Waals surface area contributed by atoms with Gasteiger partial charge in [-0.15, -0.1) is 0 Å². The van der Waals surface area contributed by atoms with Crippen LogP contribution in [0.2, 0.25) is 0 Å². The smallest absolute Gasteiger partial charge is 0.383 e. The van der Waals surface area contributed by atoms with Crippen molar-refractivity contribution in [3.8, 4) is 0 Å². The first kappa shape index (κ1) is 23.5. The highest BCUT2D eigenvalue weighted by molar-refractivity contribution is 5.86. The molecule has 33 heavy (non-hydrogen) atoms. The molecule has 6 nitrogen and oxygen atoms in total. The first-order valence-corrected chi connectivity index (χ1v) is 11.3. The lowest BCUT2D eigenvalue weighted by Crippen LogP contribution is -2.40. The van der Waals surface area contributed by atoms with E-state index in [2.05, 4.69) is 51.2 Å². The Morgan fingerprint density at radius 2 is 1.85 bits per heavy atom. The van der Waals surface area contributed by atoms with Gasteiger partial charge in [-0.05, 0) is 62.3 Å². The van der Waals surface area contributed by atoms with Crippen molar-refractivity contribution in [1.29, 1.82) is 0 Å². The largest absolute Gasteiger partial charge is 0.431 e. The zero-order chi connectivity index (χ0) is 23.4. The topological polar surface area (TPSA) is 80.1 Å². The number of likely N-dealkylation sites (N-methyl/N-ethyl adjacent to an activating group) is 1. The van der Waals surface area contributed by atoms with Crippen LogP contribution in [0.15, 0.2) is 36.7 Å². The molecule has 3 aromatic rings. The third kappa shape index (κ3) is 5.83. The van der Waals surface area contributed by atoms with E-state index in [0.717, 1.165) is 37.6 Å². The van der Waals surface area contributed by atoms with Crippen LogP contribution < -0.4 is 5.73 Å². The summed E-state index contributed by atoms with van der Waals surface area (Å²) < 4.78 is 42.2. The first-order chi connectivity index (χ1) is 15.8. The van der Waals surface area contributed by atoms with Crippen molar-refractivity contribution < 1.29 is 17.9 Å². The van der Waals surface area contributed by atoms with Gasteiger partial charge in [0.15, 0.2) is 0 Å². The molecule has 0 spiro atoms. The Kier molecular flexibility index (Phi) is 7.19. The Balaban J connectivity index is 0.000000165. The van der Waals surface area contributed by atoms with E-state index in [1.807, 2.05) is 0 Å². The number of fused-ring (bicyclic) bond motifs is 2. The highest BCUT2D eigenvalue weighted by Crippen LogP contribution is 2.31. The molecular formula is C24H30F3N5O. The average Bonchev–Trinajstić information content (AvgIpc) is 3.26. The van der Waals surface area contributed by atoms with Gasteiger partial charge in [-0.25, -0.2) is 9.97 Å². The Morgan fingerprint density at radius 1 is 1.12 bits per heavy atom. The molecule has 9 heteroatoms. The number of aromatic amines is 1. The Hall–Kier alpha value is -2.65. The predicted octanol–water partition coefficient (Wildman–Crippen LogP) is 4.46. The molecule has 0 radical (unpaired) electrons. The van der Waals surface area contributed by atoms with E-state index in [1.165, 1.54) is 38.6 Å². The van der Waals surface area contributed by atoms with E-state index in [9.17, 15) is 13.2 Å². The Labute approximate surface area is 191 Å². The molecule has 0 saturated carbocycles. The molecule has 1 aromatic carbocycles. The highest BCUT2D eigenvalue weighted by Gasteiger charge is 2.33. The van der Waals surface area contributed by atoms with Gasteiger partial charge in [-0.1, -0.05) is 24.3 Å². The molecule has 3 N–H and O–H groups in total. The van der Waals surface area contributed by atoms with Crippen molar-refractivity contribution in [2.45, 2.75) is 44.3 Å². The number of ether oxygens (including phenoxy) is 1. The van der Waals surface area contributed by atoms with Gasteiger partial charge in [0.2, 0.25) is 0 Å². The summed E-state index contributed by atoms with van der Waals surface area (Å²) in [6.07, 6.45) is 2.97. The molecule has 0 unspecified atom stereocenters. The lowest BCUT2D eigenvalue weighted by atomic mass is 9.87. The molecule has 0 bridgehead atoms. The van der Waals surface area contributed by atoms with Crippen LogP contribution in [0.1, 0.15) is 36.1 Å². The number of nitrogens with zero attached hydrogens (tertiary/aromatic N) is 3. The van der Waals surface area contributed by atoms with Gasteiger partial charge in [0.25, 0.3) is 0 Å². The molecule has 1 saturated heterocycles. The van der Waals surface area contributed by atoms with Crippen LogP contribution in [0.25, 0.3) is 11.0 Å². The second-order valence-corrected chi connectivity index (χ2v) is 8.86. The van der Waals surface area contributed by atoms with Crippen molar-refractivity contribution in [3.05, 3.63) is 53.5 Å². The second kappa shape index (κ2) is 10.1. The molecule has 1 aliphatic carbocycles. The normalized spacial score (nSPS) is 19.2. The van der Waals surface area contributed by atoms with Gasteiger partial charge in [0, 0.05) is 25.8 Å². The predicted molar refractivity (Wildman–Crippen MR) is 122 cm³/mol. The van der Waals surface area contributed by atoms with Gasteiger partial charge >= 0.3 is 6.18 Å². The second-order valence-electron chi connectivity index (χ2n) is 8.86. The molecule has 178 valence electrons. The summed E-state index contributed by atoms with van der Waals surface area (Å²) in [6.45, 7) is 3.17. The van der Waals surface area contributed by atoms with Crippen LogP contribution in [0.5, 0.6) is 0 Å². The van der Waals surface area contributed by atoms with E-state index in [-0.39, 0.29) is 16.9 Å². The van der Waals surface area contributed by atoms with Gasteiger partial charge in [-0.2, -0.15) is 13.2 Å². The minimum absolute atomic E-state index is 0.0294. The summed E-state index contributed by atoms with van der Waals surface area (Å²) in [5.74, 6) is 0.873. The van der Waals surface area contributed by atoms with E-state index in [4.69, 9.17) is 10.5 Å². The van der Waals surface area contributed by atoms with E-state index in [0.29, 0.717) is 0 Å². The number of rotatable bonds is 3. The SMILES string of the molecule is CN(CC1CCOCC1)[C@H]1CCc2ccccc2C1.Nc1ncnc2[nH]c(C(F)(F)F)cc12. The number of nitrogens with one attached hydrogen (secondary N) is 1. The summed E-state index contributed by atoms with van der Waals surface area (Å²) in [4.78, 5) is 11.9. The summed E-state index contributed by atoms with van der Waals surface area (Å²) in [5.41, 5.74) is 7.72. The maximum Gasteiger partial charge on any atom is 0.431 e. The standard InChI is InChI=1S/C17H25NO.C7H5F3N4/c1-18(13-14-8-10-19-11-9-14)17-7-6-15-4-2-3-5-16(15)12-17;8-7(9,10)4-1-3-5(11)12-2-13-6(3)14-4/h2-5,14,17H,6-13H2,1H3;1-2H,(H3,11,12,13,14)/t17-;/m0./s1. The number of H-pyrrole nitrogens is 1. The molecule has 3 heterocycles. The number of alkyl halides is 3. The van der Waals surface area contributed by atoms with Crippen molar-refractivity contribution in [3.63, 3.8) is 0 Å². The lowest BCUT2D eigenvalue weighted by Gasteiger charge is -2.35. The number of aryl methyl sites for hydroxylation is 1. The number of hydrogen-bond donors (Lipinski definition) is 2. The van der Waals surface area contributed by atoms with Crippen molar-refractivity contribution in [1.82, 2.24) is 19.9 Å². The zero-order valence-electron chi connectivity index (χ0n) is 18.7. The molecule has 1 fully saturated rings. The zero-order valence-corrected chi connectivity index (χ0v) is 18.7. The fraction of sp³-hybridized carbons (Fsp3) is 0.500. The summed E-state index contributed by atoms with van der Waals surface area (Å²) in [6, 6.07) is 10.6. The van der Waals surface area contributed by atoms with E-state index >= 15 is 0 Å². The van der Waals surface area contributed by atoms with Gasteiger partial charge in [0.05, 0.1) is 5.39 Å². The van der Waals surface area contributed by atoms with Gasteiger partial charge in [0.1, 0.15) is 23.5 Å². The minimum atomic E-state index is -4.42. The molecular weight excluding hydrogens is 431 g/mol. The number of benzene rings is 1. The van der Waals surface area contributed by atoms with Crippen LogP contribution in [-0.4, -0.2) is 52.7 Å². The van der Waals surface area contributed by atoms with Gasteiger partial charge in [-0.3, -0.25) is 0 Å². The van der Waals surface area contributed by atoms with Crippen LogP contribution in [0.4, 0.5) is 19.0 Å². The van der Waals surface area contributed by atoms with Gasteiger partial charge < -0.3 is 20.4 Å². The molecule has 0 amide bonds. The van der Waals surface area contributed by atoms with Crippen LogP contribution >= 0.6 is 0 Å². The number of anilines is 1. The summed E-state index contributed by atoms with van der Waals surface area (Å²) in [7, 11) is 2.31. The number of nitrogens with two attached hydrogens (primary N) is 1. The monoisotopic (exact) mass is 461 g/mol. The number of hydrogen-bond acceptors (Lipinski definition) is 5. The maximum atomic E-state index is 12.2. The molecule has 5 rings (SSSR count). The number of halogens is 3. The molecule has 2 aromatic heterocycles. The highest BCUT2D eigenvalue weighted by atomic mass is 19.4. The fourth-order valence-electron chi connectivity index (χ4n) is 4.65. The summed E-state index contributed by atoms with van der Waals surface area (Å²) in [5, 5.41) is 0.180. The fourth-order valence-corrected chi connectivity index (χ4v) is 4.65. The third-order valence-corrected chi connectivity index (χ3v) is 6.59. The van der Waals surface area contributed by atoms with E-state index in [1.54, 1.807) is 11.1 Å². The number of nitrogen functional groups attached to an aromatic ring is 1. The summed E-state index contributed by atoms with van der Waals surface area (Å²) >= 11 is 0. The van der Waals surface area contributed by atoms with Crippen LogP contribution in [-0.2, 0) is 23.8 Å². The van der Waals surface area contributed by atoms with E-state index < -0.39 is 11.9 Å². The molecule has 1 atom stereocenters. The van der Waals surface area contributed by atoms with Crippen molar-refractivity contribution >= 4 is 16.9 Å². The number of aromatic nitrogens is 3. The Morgan fingerprint density at radius 3 is 2.55 bits per heavy atom. The third-order valence-electron chi connectivity index (χ3n) is 6.59. The van der Waals surface area contributed by atoms with Crippen molar-refractivity contribution in [2.24, 2.45) is 5.92 Å². The average molecular weight is 462 g/mol. The van der Waals surface area contributed by atoms with Crippen molar-refractivity contribution in [2.75, 3.05) is 32.5 Å². The molecule has 2 aliphatic rings. The lowest BCUT2D eigenvalue weighted by molar-refractivity contribution is -0.140. The first-order valence-electron chi connectivity index (χ1n) is 11.3. The minimum Gasteiger partial charge on any atom is -0.383 e.